The van der Waals surface area contributed by atoms with E-state index in [2.05, 4.69) is 15.5 Å². The Morgan fingerprint density at radius 3 is 2.42 bits per heavy atom. The highest BCUT2D eigenvalue weighted by molar-refractivity contribution is 5.72. The van der Waals surface area contributed by atoms with E-state index < -0.39 is 17.5 Å². The van der Waals surface area contributed by atoms with Crippen LogP contribution in [0.4, 0.5) is 19.0 Å². The van der Waals surface area contributed by atoms with Crippen LogP contribution in [0.2, 0.25) is 0 Å². The van der Waals surface area contributed by atoms with Crippen LogP contribution < -0.4 is 5.32 Å². The third-order valence-corrected chi connectivity index (χ3v) is 3.73. The molecule has 3 N–H and O–H groups in total. The first-order chi connectivity index (χ1) is 11.3. The van der Waals surface area contributed by atoms with Crippen LogP contribution in [0.15, 0.2) is 18.2 Å². The second-order valence-electron chi connectivity index (χ2n) is 5.38. The van der Waals surface area contributed by atoms with Crippen LogP contribution in [0.25, 0.3) is 11.3 Å². The van der Waals surface area contributed by atoms with Crippen LogP contribution in [-0.2, 0) is 6.18 Å². The number of nitrogens with one attached hydrogen (secondary N) is 1. The van der Waals surface area contributed by atoms with Gasteiger partial charge in [-0.05, 0) is 49.6 Å². The van der Waals surface area contributed by atoms with Crippen molar-refractivity contribution in [2.75, 3.05) is 18.5 Å². The minimum Gasteiger partial charge on any atom is -0.507 e. The molecule has 0 aliphatic rings. The number of alkyl halides is 3. The average Bonchev–Trinajstić information content (AvgIpc) is 2.51. The van der Waals surface area contributed by atoms with E-state index in [4.69, 9.17) is 5.11 Å². The fourth-order valence-corrected chi connectivity index (χ4v) is 2.22. The maximum atomic E-state index is 12.7. The quantitative estimate of drug-likeness (QED) is 0.728. The number of hydrogen-bond acceptors (Lipinski definition) is 5. The lowest BCUT2D eigenvalue weighted by molar-refractivity contribution is -0.137. The van der Waals surface area contributed by atoms with Crippen LogP contribution in [0.5, 0.6) is 5.75 Å². The highest BCUT2D eigenvalue weighted by atomic mass is 19.4. The van der Waals surface area contributed by atoms with Gasteiger partial charge in [-0.2, -0.15) is 13.2 Å². The Labute approximate surface area is 137 Å². The first-order valence-corrected chi connectivity index (χ1v) is 7.35. The van der Waals surface area contributed by atoms with Crippen molar-refractivity contribution in [2.45, 2.75) is 26.4 Å². The second kappa shape index (κ2) is 7.04. The predicted molar refractivity (Wildman–Crippen MR) is 83.8 cm³/mol. The molecule has 0 saturated heterocycles. The molecule has 0 bridgehead atoms. The lowest BCUT2D eigenvalue weighted by Crippen LogP contribution is -2.09. The van der Waals surface area contributed by atoms with Crippen molar-refractivity contribution >= 4 is 5.82 Å². The van der Waals surface area contributed by atoms with E-state index in [-0.39, 0.29) is 12.2 Å². The van der Waals surface area contributed by atoms with Crippen LogP contribution in [-0.4, -0.2) is 33.6 Å². The van der Waals surface area contributed by atoms with Crippen LogP contribution in [0.3, 0.4) is 0 Å². The maximum absolute atomic E-state index is 12.7. The molecule has 0 amide bonds. The molecular weight excluding hydrogens is 323 g/mol. The number of hydrogen-bond donors (Lipinski definition) is 3. The number of anilines is 1. The van der Waals surface area contributed by atoms with Crippen molar-refractivity contribution in [2.24, 2.45) is 0 Å². The molecule has 0 aliphatic carbocycles. The zero-order valence-electron chi connectivity index (χ0n) is 13.3. The third kappa shape index (κ3) is 3.76. The predicted octanol–water partition coefficient (Wildman–Crippen LogP) is 3.28. The molecule has 1 heterocycles. The largest absolute Gasteiger partial charge is 0.507 e. The summed E-state index contributed by atoms with van der Waals surface area (Å²) in [6, 6.07) is 2.77. The van der Waals surface area contributed by atoms with Crippen molar-refractivity contribution in [3.05, 3.63) is 34.9 Å². The molecule has 0 unspecified atom stereocenters. The van der Waals surface area contributed by atoms with Gasteiger partial charge in [0, 0.05) is 18.7 Å². The number of halogens is 3. The van der Waals surface area contributed by atoms with E-state index in [0.717, 1.165) is 11.6 Å². The summed E-state index contributed by atoms with van der Waals surface area (Å²) in [4.78, 5) is 0. The molecule has 130 valence electrons. The highest BCUT2D eigenvalue weighted by Gasteiger charge is 2.31. The Morgan fingerprint density at radius 1 is 1.12 bits per heavy atom. The number of aliphatic hydroxyl groups excluding tert-OH is 1. The third-order valence-electron chi connectivity index (χ3n) is 3.73. The molecule has 0 spiro atoms. The molecular formula is C16H18F3N3O2. The zero-order chi connectivity index (χ0) is 17.9. The lowest BCUT2D eigenvalue weighted by atomic mass is 10.0. The van der Waals surface area contributed by atoms with Crippen molar-refractivity contribution in [3.63, 3.8) is 0 Å². The van der Waals surface area contributed by atoms with E-state index in [1.54, 1.807) is 13.8 Å². The summed E-state index contributed by atoms with van der Waals surface area (Å²) in [6.45, 7) is 4.13. The molecule has 0 radical (unpaired) electrons. The molecule has 2 rings (SSSR count). The van der Waals surface area contributed by atoms with E-state index in [1.165, 1.54) is 6.07 Å². The van der Waals surface area contributed by atoms with E-state index in [0.29, 0.717) is 36.1 Å². The first-order valence-electron chi connectivity index (χ1n) is 7.35. The smallest absolute Gasteiger partial charge is 0.416 e. The number of nitrogens with zero attached hydrogens (tertiary/aromatic N) is 2. The van der Waals surface area contributed by atoms with Gasteiger partial charge < -0.3 is 15.5 Å². The summed E-state index contributed by atoms with van der Waals surface area (Å²) in [5.41, 5.74) is 1.07. The van der Waals surface area contributed by atoms with Crippen molar-refractivity contribution in [3.8, 4) is 17.0 Å². The number of rotatable bonds is 5. The van der Waals surface area contributed by atoms with E-state index in [9.17, 15) is 18.3 Å². The van der Waals surface area contributed by atoms with Gasteiger partial charge >= 0.3 is 6.18 Å². The Balaban J connectivity index is 2.38. The molecule has 0 saturated carbocycles. The maximum Gasteiger partial charge on any atom is 0.416 e. The lowest BCUT2D eigenvalue weighted by Gasteiger charge is -2.14. The van der Waals surface area contributed by atoms with Gasteiger partial charge in [0.05, 0.1) is 11.3 Å². The van der Waals surface area contributed by atoms with Crippen molar-refractivity contribution in [1.82, 2.24) is 10.2 Å². The number of aliphatic hydroxyl groups is 1. The van der Waals surface area contributed by atoms with Crippen molar-refractivity contribution < 1.29 is 23.4 Å². The monoisotopic (exact) mass is 341 g/mol. The highest BCUT2D eigenvalue weighted by Crippen LogP contribution is 2.37. The first kappa shape index (κ1) is 18.0. The summed E-state index contributed by atoms with van der Waals surface area (Å²) in [7, 11) is 0. The standard InChI is InChI=1S/C16H18F3N3O2/c1-9-10(2)15(20-6-3-7-23)22-21-14(9)12-5-4-11(8-13(12)24)16(17,18)19/h4-5,8,23-24H,3,6-7H2,1-2H3,(H,20,22). The molecule has 2 aromatic rings. The summed E-state index contributed by atoms with van der Waals surface area (Å²) >= 11 is 0. The van der Waals surface area contributed by atoms with Crippen LogP contribution in [0.1, 0.15) is 23.1 Å². The average molecular weight is 341 g/mol. The molecule has 24 heavy (non-hydrogen) atoms. The van der Waals surface area contributed by atoms with Crippen LogP contribution in [0, 0.1) is 13.8 Å². The SMILES string of the molecule is Cc1c(NCCCO)nnc(-c2ccc(C(F)(F)F)cc2O)c1C. The fourth-order valence-electron chi connectivity index (χ4n) is 2.22. The Hall–Kier alpha value is -2.35. The number of aromatic hydroxyl groups is 1. The van der Waals surface area contributed by atoms with Gasteiger partial charge in [-0.1, -0.05) is 0 Å². The molecule has 8 heteroatoms. The van der Waals surface area contributed by atoms with Crippen molar-refractivity contribution in [1.29, 1.82) is 0 Å². The van der Waals surface area contributed by atoms with Gasteiger partial charge in [0.1, 0.15) is 5.75 Å². The Morgan fingerprint density at radius 2 is 1.83 bits per heavy atom. The van der Waals surface area contributed by atoms with E-state index in [1.807, 2.05) is 0 Å². The normalized spacial score (nSPS) is 11.6. The summed E-state index contributed by atoms with van der Waals surface area (Å²) < 4.78 is 38.0. The minimum absolute atomic E-state index is 0.0516. The summed E-state index contributed by atoms with van der Waals surface area (Å²) in [6.07, 6.45) is -3.96. The summed E-state index contributed by atoms with van der Waals surface area (Å²) in [5, 5.41) is 29.8. The zero-order valence-corrected chi connectivity index (χ0v) is 13.3. The summed E-state index contributed by atoms with van der Waals surface area (Å²) in [5.74, 6) is 0.0405. The number of phenolic OH excluding ortho intramolecular Hbond substituents is 1. The van der Waals surface area contributed by atoms with Crippen LogP contribution >= 0.6 is 0 Å². The Kier molecular flexibility index (Phi) is 5.28. The molecule has 0 aliphatic heterocycles. The van der Waals surface area contributed by atoms with Gasteiger partial charge in [0.2, 0.25) is 0 Å². The molecule has 1 aromatic heterocycles. The van der Waals surface area contributed by atoms with Gasteiger partial charge in [-0.3, -0.25) is 0 Å². The number of benzene rings is 1. The minimum atomic E-state index is -4.52. The topological polar surface area (TPSA) is 78.3 Å². The molecule has 0 atom stereocenters. The fraction of sp³-hybridized carbons (Fsp3) is 0.375. The van der Waals surface area contributed by atoms with Gasteiger partial charge in [-0.25, -0.2) is 0 Å². The molecule has 1 aromatic carbocycles. The van der Waals surface area contributed by atoms with E-state index >= 15 is 0 Å². The number of phenols is 1. The molecule has 0 fully saturated rings. The van der Waals surface area contributed by atoms with Gasteiger partial charge in [0.25, 0.3) is 0 Å². The van der Waals surface area contributed by atoms with Gasteiger partial charge in [-0.15, -0.1) is 10.2 Å². The second-order valence-corrected chi connectivity index (χ2v) is 5.38. The molecule has 5 nitrogen and oxygen atoms in total. The number of aromatic nitrogens is 2. The Bertz CT molecular complexity index is 733. The van der Waals surface area contributed by atoms with Gasteiger partial charge in [0.15, 0.2) is 5.82 Å².